The lowest BCUT2D eigenvalue weighted by atomic mass is 10.1. The quantitative estimate of drug-likeness (QED) is 0.741. The van der Waals surface area contributed by atoms with E-state index < -0.39 is 11.2 Å². The average Bonchev–Trinajstić information content (AvgIpc) is 2.66. The predicted molar refractivity (Wildman–Crippen MR) is 96.8 cm³/mol. The fourth-order valence-electron chi connectivity index (χ4n) is 2.86. The van der Waals surface area contributed by atoms with Crippen molar-refractivity contribution < 1.29 is 14.3 Å². The van der Waals surface area contributed by atoms with Crippen molar-refractivity contribution in [2.45, 2.75) is 31.9 Å². The highest BCUT2D eigenvalue weighted by atomic mass is 16.5. The van der Waals surface area contributed by atoms with Crippen molar-refractivity contribution in [2.75, 3.05) is 13.2 Å². The number of nitrogens with zero attached hydrogens (tertiary/aromatic N) is 2. The molecule has 144 valence electrons. The molecule has 1 fully saturated rings. The monoisotopic (exact) mass is 374 g/mol. The van der Waals surface area contributed by atoms with Gasteiger partial charge in [0.05, 0.1) is 25.3 Å². The summed E-state index contributed by atoms with van der Waals surface area (Å²) in [6.45, 7) is 2.74. The van der Waals surface area contributed by atoms with E-state index in [1.165, 1.54) is 13.2 Å². The normalized spacial score (nSPS) is 19.5. The van der Waals surface area contributed by atoms with Gasteiger partial charge in [0.2, 0.25) is 5.91 Å². The molecule has 1 saturated heterocycles. The zero-order valence-electron chi connectivity index (χ0n) is 15.2. The van der Waals surface area contributed by atoms with Gasteiger partial charge < -0.3 is 19.8 Å². The Morgan fingerprint density at radius 2 is 2.26 bits per heavy atom. The number of aromatic amines is 1. The Hall–Kier alpha value is -2.94. The van der Waals surface area contributed by atoms with Gasteiger partial charge in [-0.25, -0.2) is 4.79 Å². The molecule has 0 aromatic carbocycles. The number of carbonyl (C=O) groups excluding carboxylic acids is 1. The van der Waals surface area contributed by atoms with Gasteiger partial charge in [-0.2, -0.15) is 0 Å². The maximum absolute atomic E-state index is 12.4. The lowest BCUT2D eigenvalue weighted by molar-refractivity contribution is -0.123. The van der Waals surface area contributed by atoms with E-state index >= 15 is 0 Å². The summed E-state index contributed by atoms with van der Waals surface area (Å²) in [5.74, 6) is 0.284. The Balaban J connectivity index is 1.66. The van der Waals surface area contributed by atoms with Crippen LogP contribution >= 0.6 is 0 Å². The number of aromatic nitrogens is 3. The molecular formula is C18H22N4O5. The topological polar surface area (TPSA) is 115 Å². The van der Waals surface area contributed by atoms with E-state index in [9.17, 15) is 14.4 Å². The lowest BCUT2D eigenvalue weighted by Gasteiger charge is -2.32. The van der Waals surface area contributed by atoms with Gasteiger partial charge in [-0.15, -0.1) is 0 Å². The van der Waals surface area contributed by atoms with Crippen LogP contribution in [0.2, 0.25) is 0 Å². The van der Waals surface area contributed by atoms with Crippen LogP contribution in [-0.4, -0.2) is 45.8 Å². The molecule has 0 aliphatic carbocycles. The second-order valence-electron chi connectivity index (χ2n) is 6.49. The van der Waals surface area contributed by atoms with Crippen LogP contribution in [0.1, 0.15) is 17.7 Å². The van der Waals surface area contributed by atoms with Crippen LogP contribution in [0.3, 0.4) is 0 Å². The molecule has 0 saturated carbocycles. The third-order valence-corrected chi connectivity index (χ3v) is 4.43. The average molecular weight is 374 g/mol. The Labute approximate surface area is 155 Å². The van der Waals surface area contributed by atoms with E-state index in [4.69, 9.17) is 9.47 Å². The first-order valence-electron chi connectivity index (χ1n) is 8.68. The number of nitrogens with one attached hydrogen (secondary N) is 2. The molecule has 9 nitrogen and oxygen atoms in total. The minimum Gasteiger partial charge on any atom is -0.484 e. The highest BCUT2D eigenvalue weighted by Crippen LogP contribution is 2.17. The summed E-state index contributed by atoms with van der Waals surface area (Å²) < 4.78 is 12.3. The SMILES string of the molecule is Cc1ccc(O[C@@H]2COCC[C@@H]2NC(=O)Cc2c[nH]c(=O)n(C)c2=O)cn1. The smallest absolute Gasteiger partial charge is 0.328 e. The van der Waals surface area contributed by atoms with Gasteiger partial charge in [-0.3, -0.25) is 19.1 Å². The maximum atomic E-state index is 12.4. The van der Waals surface area contributed by atoms with Crippen LogP contribution in [-0.2, 0) is 23.0 Å². The molecule has 1 amide bonds. The summed E-state index contributed by atoms with van der Waals surface area (Å²) in [7, 11) is 1.36. The zero-order valence-corrected chi connectivity index (χ0v) is 15.2. The highest BCUT2D eigenvalue weighted by Gasteiger charge is 2.29. The molecular weight excluding hydrogens is 352 g/mol. The number of pyridine rings is 1. The van der Waals surface area contributed by atoms with Gasteiger partial charge >= 0.3 is 5.69 Å². The molecule has 2 aromatic heterocycles. The van der Waals surface area contributed by atoms with Crippen LogP contribution in [0.15, 0.2) is 34.1 Å². The lowest BCUT2D eigenvalue weighted by Crippen LogP contribution is -2.52. The van der Waals surface area contributed by atoms with Crippen LogP contribution in [0.25, 0.3) is 0 Å². The fourth-order valence-corrected chi connectivity index (χ4v) is 2.86. The van der Waals surface area contributed by atoms with Crippen molar-refractivity contribution in [1.82, 2.24) is 19.9 Å². The second-order valence-corrected chi connectivity index (χ2v) is 6.49. The molecule has 3 rings (SSSR count). The van der Waals surface area contributed by atoms with Gasteiger partial charge in [0, 0.05) is 31.1 Å². The third kappa shape index (κ3) is 4.62. The van der Waals surface area contributed by atoms with Gasteiger partial charge in [-0.1, -0.05) is 0 Å². The minimum atomic E-state index is -0.520. The van der Waals surface area contributed by atoms with E-state index in [0.717, 1.165) is 10.3 Å². The Morgan fingerprint density at radius 3 is 3.00 bits per heavy atom. The van der Waals surface area contributed by atoms with E-state index in [2.05, 4.69) is 15.3 Å². The standard InChI is InChI=1S/C18H22N4O5/c1-11-3-4-13(9-19-11)27-15-10-26-6-5-14(15)21-16(23)7-12-8-20-18(25)22(2)17(12)24/h3-4,8-9,14-15H,5-7,10H2,1-2H3,(H,20,25)(H,21,23)/t14-,15+/m0/s1. The molecule has 27 heavy (non-hydrogen) atoms. The number of rotatable bonds is 5. The number of carbonyl (C=O) groups is 1. The van der Waals surface area contributed by atoms with Crippen LogP contribution < -0.4 is 21.3 Å². The number of H-pyrrole nitrogens is 1. The Bertz CT molecular complexity index is 919. The maximum Gasteiger partial charge on any atom is 0.328 e. The molecule has 2 aromatic rings. The first kappa shape index (κ1) is 18.8. The summed E-state index contributed by atoms with van der Waals surface area (Å²) in [6.07, 6.45) is 3.03. The van der Waals surface area contributed by atoms with Crippen molar-refractivity contribution in [1.29, 1.82) is 0 Å². The summed E-state index contributed by atoms with van der Waals surface area (Å²) in [5.41, 5.74) is 0.101. The predicted octanol–water partition coefficient (Wildman–Crippen LogP) is -0.328. The first-order valence-corrected chi connectivity index (χ1v) is 8.68. The van der Waals surface area contributed by atoms with E-state index in [1.54, 1.807) is 6.20 Å². The summed E-state index contributed by atoms with van der Waals surface area (Å²) in [6, 6.07) is 3.41. The molecule has 0 bridgehead atoms. The van der Waals surface area contributed by atoms with Crippen molar-refractivity contribution in [2.24, 2.45) is 7.05 Å². The number of ether oxygens (including phenoxy) is 2. The molecule has 0 spiro atoms. The van der Waals surface area contributed by atoms with Gasteiger partial charge in [0.25, 0.3) is 5.56 Å². The number of hydrogen-bond donors (Lipinski definition) is 2. The van der Waals surface area contributed by atoms with Crippen LogP contribution in [0.4, 0.5) is 0 Å². The van der Waals surface area contributed by atoms with Gasteiger partial charge in [0.15, 0.2) is 0 Å². The Kier molecular flexibility index (Phi) is 5.70. The molecule has 9 heteroatoms. The molecule has 0 radical (unpaired) electrons. The molecule has 2 N–H and O–H groups in total. The molecule has 0 unspecified atom stereocenters. The molecule has 1 aliphatic heterocycles. The summed E-state index contributed by atoms with van der Waals surface area (Å²) >= 11 is 0. The van der Waals surface area contributed by atoms with Crippen molar-refractivity contribution in [3.63, 3.8) is 0 Å². The highest BCUT2D eigenvalue weighted by molar-refractivity contribution is 5.78. The Morgan fingerprint density at radius 1 is 1.44 bits per heavy atom. The molecule has 1 aliphatic rings. The molecule has 3 heterocycles. The zero-order chi connectivity index (χ0) is 19.4. The first-order chi connectivity index (χ1) is 12.9. The van der Waals surface area contributed by atoms with E-state index in [0.29, 0.717) is 25.4 Å². The van der Waals surface area contributed by atoms with Crippen molar-refractivity contribution >= 4 is 5.91 Å². The van der Waals surface area contributed by atoms with E-state index in [-0.39, 0.29) is 30.0 Å². The largest absolute Gasteiger partial charge is 0.484 e. The summed E-state index contributed by atoms with van der Waals surface area (Å²) in [4.78, 5) is 42.5. The number of aryl methyl sites for hydroxylation is 1. The third-order valence-electron chi connectivity index (χ3n) is 4.43. The van der Waals surface area contributed by atoms with Crippen LogP contribution in [0, 0.1) is 6.92 Å². The number of amides is 1. The summed E-state index contributed by atoms with van der Waals surface area (Å²) in [5, 5.41) is 2.91. The van der Waals surface area contributed by atoms with Gasteiger partial charge in [-0.05, 0) is 25.5 Å². The second kappa shape index (κ2) is 8.17. The molecule has 2 atom stereocenters. The van der Waals surface area contributed by atoms with E-state index in [1.807, 2.05) is 19.1 Å². The van der Waals surface area contributed by atoms with Crippen LogP contribution in [0.5, 0.6) is 5.75 Å². The number of hydrogen-bond acceptors (Lipinski definition) is 6. The minimum absolute atomic E-state index is 0.125. The van der Waals surface area contributed by atoms with Gasteiger partial charge in [0.1, 0.15) is 11.9 Å². The van der Waals surface area contributed by atoms with Crippen molar-refractivity contribution in [3.05, 3.63) is 56.6 Å². The van der Waals surface area contributed by atoms with Crippen molar-refractivity contribution in [3.8, 4) is 5.75 Å². The fraction of sp³-hybridized carbons (Fsp3) is 0.444.